The predicted molar refractivity (Wildman–Crippen MR) is 89.0 cm³/mol. The molecule has 0 radical (unpaired) electrons. The van der Waals surface area contributed by atoms with Crippen LogP contribution in [0.5, 0.6) is 0 Å². The van der Waals surface area contributed by atoms with Crippen LogP contribution >= 0.6 is 0 Å². The van der Waals surface area contributed by atoms with E-state index < -0.39 is 0 Å². The van der Waals surface area contributed by atoms with Gasteiger partial charge in [0.2, 0.25) is 0 Å². The molecule has 0 saturated heterocycles. The number of hydrogen-bond acceptors (Lipinski definition) is 2. The molecular formula is C19H15FN2. The number of para-hydroxylation sites is 2. The molecule has 0 heterocycles. The van der Waals surface area contributed by atoms with Crippen molar-refractivity contribution in [2.24, 2.45) is 5.10 Å². The molecule has 0 saturated carbocycles. The van der Waals surface area contributed by atoms with Crippen molar-refractivity contribution in [3.8, 4) is 0 Å². The van der Waals surface area contributed by atoms with Gasteiger partial charge in [-0.3, -0.25) is 0 Å². The first-order chi connectivity index (χ1) is 10.8. The van der Waals surface area contributed by atoms with E-state index in [-0.39, 0.29) is 5.82 Å². The number of rotatable bonds is 4. The maximum atomic E-state index is 13.7. The molecule has 0 spiro atoms. The van der Waals surface area contributed by atoms with Gasteiger partial charge in [-0.25, -0.2) is 9.40 Å². The molecule has 3 heteroatoms. The summed E-state index contributed by atoms with van der Waals surface area (Å²) in [5, 5.41) is 6.25. The fraction of sp³-hybridized carbons (Fsp3) is 0. The number of nitrogens with zero attached hydrogens (tertiary/aromatic N) is 2. The highest BCUT2D eigenvalue weighted by molar-refractivity contribution is 5.82. The van der Waals surface area contributed by atoms with Gasteiger partial charge in [0.05, 0.1) is 17.6 Å². The van der Waals surface area contributed by atoms with E-state index >= 15 is 0 Å². The van der Waals surface area contributed by atoms with Gasteiger partial charge >= 0.3 is 0 Å². The Morgan fingerprint density at radius 3 is 1.73 bits per heavy atom. The van der Waals surface area contributed by atoms with Gasteiger partial charge in [-0.2, -0.15) is 5.10 Å². The van der Waals surface area contributed by atoms with Crippen LogP contribution in [0.4, 0.5) is 15.8 Å². The summed E-state index contributed by atoms with van der Waals surface area (Å²) in [4.78, 5) is 0. The summed E-state index contributed by atoms with van der Waals surface area (Å²) >= 11 is 0. The molecule has 3 aromatic carbocycles. The molecule has 0 amide bonds. The van der Waals surface area contributed by atoms with Crippen molar-refractivity contribution in [1.82, 2.24) is 0 Å². The Morgan fingerprint density at radius 1 is 0.682 bits per heavy atom. The van der Waals surface area contributed by atoms with E-state index in [1.165, 1.54) is 12.3 Å². The summed E-state index contributed by atoms with van der Waals surface area (Å²) in [5.74, 6) is -0.285. The molecule has 0 N–H and O–H groups in total. The lowest BCUT2D eigenvalue weighted by Gasteiger charge is -2.19. The van der Waals surface area contributed by atoms with Crippen LogP contribution in [0.15, 0.2) is 90.0 Å². The Balaban J connectivity index is 1.98. The lowest BCUT2D eigenvalue weighted by molar-refractivity contribution is 0.626. The third-order valence-corrected chi connectivity index (χ3v) is 3.22. The van der Waals surface area contributed by atoms with Gasteiger partial charge in [0.15, 0.2) is 0 Å². The van der Waals surface area contributed by atoms with E-state index in [0.29, 0.717) is 5.56 Å². The summed E-state index contributed by atoms with van der Waals surface area (Å²) in [5.41, 5.74) is 2.29. The minimum atomic E-state index is -0.285. The van der Waals surface area contributed by atoms with Gasteiger partial charge in [0, 0.05) is 5.56 Å². The van der Waals surface area contributed by atoms with Gasteiger partial charge in [0.1, 0.15) is 5.82 Å². The monoisotopic (exact) mass is 290 g/mol. The molecule has 0 aliphatic carbocycles. The summed E-state index contributed by atoms with van der Waals surface area (Å²) in [6.07, 6.45) is 1.54. The average Bonchev–Trinajstić information content (AvgIpc) is 2.59. The summed E-state index contributed by atoms with van der Waals surface area (Å²) in [6.45, 7) is 0. The Labute approximate surface area is 129 Å². The predicted octanol–water partition coefficient (Wildman–Crippen LogP) is 5.00. The SMILES string of the molecule is Fc1ccccc1/C=N/N(c1ccccc1)c1ccccc1. The van der Waals surface area contributed by atoms with Crippen molar-refractivity contribution in [2.45, 2.75) is 0 Å². The van der Waals surface area contributed by atoms with Crippen LogP contribution in [0.2, 0.25) is 0 Å². The number of benzene rings is 3. The lowest BCUT2D eigenvalue weighted by Crippen LogP contribution is -2.09. The minimum Gasteiger partial charge on any atom is -0.234 e. The second kappa shape index (κ2) is 6.68. The van der Waals surface area contributed by atoms with Gasteiger partial charge in [0.25, 0.3) is 0 Å². The first-order valence-corrected chi connectivity index (χ1v) is 7.03. The Hall–Kier alpha value is -2.94. The molecule has 0 aliphatic heterocycles. The maximum Gasteiger partial charge on any atom is 0.132 e. The maximum absolute atomic E-state index is 13.7. The van der Waals surface area contributed by atoms with E-state index in [9.17, 15) is 4.39 Å². The Bertz CT molecular complexity index is 715. The topological polar surface area (TPSA) is 15.6 Å². The molecule has 0 atom stereocenters. The molecule has 0 bridgehead atoms. The third kappa shape index (κ3) is 3.20. The molecule has 0 unspecified atom stereocenters. The number of halogens is 1. The molecule has 2 nitrogen and oxygen atoms in total. The van der Waals surface area contributed by atoms with E-state index in [2.05, 4.69) is 5.10 Å². The first-order valence-electron chi connectivity index (χ1n) is 7.03. The summed E-state index contributed by atoms with van der Waals surface area (Å²) in [7, 11) is 0. The minimum absolute atomic E-state index is 0.285. The van der Waals surface area contributed by atoms with Crippen molar-refractivity contribution in [1.29, 1.82) is 0 Å². The van der Waals surface area contributed by atoms with Gasteiger partial charge in [-0.15, -0.1) is 0 Å². The number of anilines is 2. The van der Waals surface area contributed by atoms with Crippen LogP contribution in [-0.4, -0.2) is 6.21 Å². The zero-order valence-corrected chi connectivity index (χ0v) is 11.9. The van der Waals surface area contributed by atoms with Crippen LogP contribution < -0.4 is 5.01 Å². The molecule has 22 heavy (non-hydrogen) atoms. The van der Waals surface area contributed by atoms with Crippen LogP contribution in [0.3, 0.4) is 0 Å². The zero-order valence-electron chi connectivity index (χ0n) is 11.9. The number of hydrogen-bond donors (Lipinski definition) is 0. The highest BCUT2D eigenvalue weighted by Crippen LogP contribution is 2.25. The highest BCUT2D eigenvalue weighted by Gasteiger charge is 2.07. The van der Waals surface area contributed by atoms with Crippen molar-refractivity contribution in [2.75, 3.05) is 5.01 Å². The largest absolute Gasteiger partial charge is 0.234 e. The van der Waals surface area contributed by atoms with Gasteiger partial charge in [-0.1, -0.05) is 54.6 Å². The van der Waals surface area contributed by atoms with Crippen molar-refractivity contribution >= 4 is 17.6 Å². The van der Waals surface area contributed by atoms with Gasteiger partial charge in [-0.05, 0) is 30.3 Å². The lowest BCUT2D eigenvalue weighted by atomic mass is 10.2. The average molecular weight is 290 g/mol. The fourth-order valence-electron chi connectivity index (χ4n) is 2.12. The Morgan fingerprint density at radius 2 is 1.18 bits per heavy atom. The summed E-state index contributed by atoms with van der Waals surface area (Å²) in [6, 6.07) is 26.1. The normalized spacial score (nSPS) is 10.8. The van der Waals surface area contributed by atoms with E-state index in [1.54, 1.807) is 23.2 Å². The summed E-state index contributed by atoms with van der Waals surface area (Å²) < 4.78 is 13.7. The van der Waals surface area contributed by atoms with Crippen molar-refractivity contribution in [3.05, 3.63) is 96.3 Å². The second-order valence-electron chi connectivity index (χ2n) is 4.75. The quantitative estimate of drug-likeness (QED) is 0.488. The smallest absolute Gasteiger partial charge is 0.132 e. The van der Waals surface area contributed by atoms with Gasteiger partial charge < -0.3 is 0 Å². The molecule has 0 fully saturated rings. The van der Waals surface area contributed by atoms with E-state index in [4.69, 9.17) is 0 Å². The molecule has 3 aromatic rings. The zero-order chi connectivity index (χ0) is 15.2. The first kappa shape index (κ1) is 14.0. The highest BCUT2D eigenvalue weighted by atomic mass is 19.1. The van der Waals surface area contributed by atoms with Crippen LogP contribution in [0, 0.1) is 5.82 Å². The third-order valence-electron chi connectivity index (χ3n) is 3.22. The van der Waals surface area contributed by atoms with E-state index in [0.717, 1.165) is 11.4 Å². The molecule has 0 aromatic heterocycles. The van der Waals surface area contributed by atoms with Crippen molar-refractivity contribution < 1.29 is 4.39 Å². The van der Waals surface area contributed by atoms with Crippen LogP contribution in [0.25, 0.3) is 0 Å². The standard InChI is InChI=1S/C19H15FN2/c20-19-14-8-7-9-16(19)15-21-22(17-10-3-1-4-11-17)18-12-5-2-6-13-18/h1-15H/b21-15+. The van der Waals surface area contributed by atoms with Crippen LogP contribution in [0.1, 0.15) is 5.56 Å². The fourth-order valence-corrected chi connectivity index (χ4v) is 2.12. The molecule has 108 valence electrons. The Kier molecular flexibility index (Phi) is 4.25. The van der Waals surface area contributed by atoms with Crippen molar-refractivity contribution in [3.63, 3.8) is 0 Å². The van der Waals surface area contributed by atoms with E-state index in [1.807, 2.05) is 60.7 Å². The molecular weight excluding hydrogens is 275 g/mol. The molecule has 0 aliphatic rings. The molecule has 3 rings (SSSR count). The van der Waals surface area contributed by atoms with Crippen LogP contribution in [-0.2, 0) is 0 Å². The second-order valence-corrected chi connectivity index (χ2v) is 4.75. The number of hydrazone groups is 1.